The monoisotopic (exact) mass is 514 g/mol. The van der Waals surface area contributed by atoms with Crippen molar-refractivity contribution >= 4 is 27.7 Å². The zero-order chi connectivity index (χ0) is 23.2. The van der Waals surface area contributed by atoms with Crippen LogP contribution in [0.25, 0.3) is 0 Å². The maximum Gasteiger partial charge on any atom is 0.405 e. The molecule has 2 aromatic rings. The van der Waals surface area contributed by atoms with E-state index in [1.807, 2.05) is 5.32 Å². The molecule has 1 aliphatic heterocycles. The van der Waals surface area contributed by atoms with Crippen LogP contribution in [0.3, 0.4) is 0 Å². The molecule has 32 heavy (non-hydrogen) atoms. The number of carbonyl (C=O) groups is 1. The number of nitrogens with one attached hydrogen (secondary N) is 1. The van der Waals surface area contributed by atoms with Gasteiger partial charge in [0.2, 0.25) is 5.90 Å². The van der Waals surface area contributed by atoms with Crippen molar-refractivity contribution in [3.63, 3.8) is 0 Å². The number of amides is 1. The van der Waals surface area contributed by atoms with Crippen molar-refractivity contribution in [2.24, 2.45) is 4.99 Å². The molecule has 1 atom stereocenters. The lowest BCUT2D eigenvalue weighted by Crippen LogP contribution is -2.50. The number of carbonyl (C=O) groups excluding carboxylic acids is 1. The molecule has 1 aliphatic rings. The Balaban J connectivity index is 1.83. The van der Waals surface area contributed by atoms with Crippen molar-refractivity contribution in [2.45, 2.75) is 24.6 Å². The van der Waals surface area contributed by atoms with E-state index >= 15 is 0 Å². The highest BCUT2D eigenvalue weighted by molar-refractivity contribution is 9.10. The van der Waals surface area contributed by atoms with Crippen molar-refractivity contribution in [1.82, 2.24) is 5.32 Å². The summed E-state index contributed by atoms with van der Waals surface area (Å²) in [5.41, 5.74) is -0.220. The van der Waals surface area contributed by atoms with Crippen molar-refractivity contribution in [3.8, 4) is 5.75 Å². The maximum atomic E-state index is 12.8. The van der Waals surface area contributed by atoms with Crippen LogP contribution in [-0.2, 0) is 16.0 Å². The highest BCUT2D eigenvalue weighted by atomic mass is 79.9. The number of hydrogen-bond donors (Lipinski definition) is 2. The Labute approximate surface area is 191 Å². The molecule has 3 rings (SSSR count). The van der Waals surface area contributed by atoms with Gasteiger partial charge in [-0.3, -0.25) is 4.79 Å². The highest BCUT2D eigenvalue weighted by Crippen LogP contribution is 2.28. The van der Waals surface area contributed by atoms with Gasteiger partial charge in [0.05, 0.1) is 6.61 Å². The SMILES string of the molecule is O=C(NCC(F)(F)F)[C@@]1(Cc2ccc(Br)cc2)COC(c2ccc(OCCCO)cc2)=N1. The molecule has 0 radical (unpaired) electrons. The summed E-state index contributed by atoms with van der Waals surface area (Å²) in [4.78, 5) is 17.3. The minimum atomic E-state index is -4.54. The number of alkyl halides is 3. The van der Waals surface area contributed by atoms with Gasteiger partial charge in [0.15, 0.2) is 5.54 Å². The summed E-state index contributed by atoms with van der Waals surface area (Å²) < 4.78 is 50.0. The largest absolute Gasteiger partial charge is 0.494 e. The molecule has 0 unspecified atom stereocenters. The molecule has 0 aromatic heterocycles. The quantitative estimate of drug-likeness (QED) is 0.500. The van der Waals surface area contributed by atoms with Crippen LogP contribution in [0.15, 0.2) is 58.0 Å². The third-order valence-electron chi connectivity index (χ3n) is 4.72. The van der Waals surface area contributed by atoms with Crippen LogP contribution in [0, 0.1) is 0 Å². The van der Waals surface area contributed by atoms with Gasteiger partial charge in [-0.2, -0.15) is 13.2 Å². The number of aliphatic imine (C=N–C) groups is 1. The molecule has 10 heteroatoms. The summed E-state index contributed by atoms with van der Waals surface area (Å²) in [6, 6.07) is 13.9. The Morgan fingerprint density at radius 1 is 1.19 bits per heavy atom. The van der Waals surface area contributed by atoms with E-state index in [1.54, 1.807) is 48.5 Å². The van der Waals surface area contributed by atoms with Gasteiger partial charge in [0, 0.05) is 29.5 Å². The molecule has 2 N–H and O–H groups in total. The average molecular weight is 515 g/mol. The molecule has 0 bridgehead atoms. The maximum absolute atomic E-state index is 12.8. The normalized spacial score (nSPS) is 18.1. The first-order valence-corrected chi connectivity index (χ1v) is 10.7. The number of rotatable bonds is 9. The molecule has 0 aliphatic carbocycles. The van der Waals surface area contributed by atoms with E-state index in [9.17, 15) is 18.0 Å². The van der Waals surface area contributed by atoms with E-state index in [4.69, 9.17) is 14.6 Å². The molecular weight excluding hydrogens is 493 g/mol. The van der Waals surface area contributed by atoms with Crippen molar-refractivity contribution in [1.29, 1.82) is 0 Å². The molecule has 0 spiro atoms. The van der Waals surface area contributed by atoms with Crippen molar-refractivity contribution in [3.05, 3.63) is 64.1 Å². The second kappa shape index (κ2) is 10.4. The van der Waals surface area contributed by atoms with Gasteiger partial charge < -0.3 is 19.9 Å². The summed E-state index contributed by atoms with van der Waals surface area (Å²) in [5, 5.41) is 10.8. The zero-order valence-corrected chi connectivity index (χ0v) is 18.6. The fraction of sp³-hybridized carbons (Fsp3) is 0.364. The van der Waals surface area contributed by atoms with Crippen LogP contribution in [0.4, 0.5) is 13.2 Å². The number of ether oxygens (including phenoxy) is 2. The number of aliphatic hydroxyl groups excluding tert-OH is 1. The minimum Gasteiger partial charge on any atom is -0.494 e. The molecule has 0 fully saturated rings. The third kappa shape index (κ3) is 6.46. The fourth-order valence-corrected chi connectivity index (χ4v) is 3.38. The molecule has 1 heterocycles. The smallest absolute Gasteiger partial charge is 0.405 e. The average Bonchev–Trinajstić information content (AvgIpc) is 3.19. The van der Waals surface area contributed by atoms with Crippen LogP contribution in [0.5, 0.6) is 5.75 Å². The topological polar surface area (TPSA) is 80.2 Å². The number of halogens is 4. The Kier molecular flexibility index (Phi) is 7.78. The van der Waals surface area contributed by atoms with Crippen LogP contribution in [0.2, 0.25) is 0 Å². The van der Waals surface area contributed by atoms with Gasteiger partial charge in [0.25, 0.3) is 5.91 Å². The molecule has 0 saturated heterocycles. The first-order valence-electron chi connectivity index (χ1n) is 9.87. The summed E-state index contributed by atoms with van der Waals surface area (Å²) in [6.45, 7) is -1.24. The summed E-state index contributed by atoms with van der Waals surface area (Å²) in [5.74, 6) is -0.0901. The fourth-order valence-electron chi connectivity index (χ4n) is 3.12. The van der Waals surface area contributed by atoms with Crippen molar-refractivity contribution < 1.29 is 32.5 Å². The number of nitrogens with zero attached hydrogens (tertiary/aromatic N) is 1. The second-order valence-electron chi connectivity index (χ2n) is 7.29. The molecule has 172 valence electrons. The molecule has 0 saturated carbocycles. The van der Waals surface area contributed by atoms with E-state index < -0.39 is 24.2 Å². The van der Waals surface area contributed by atoms with Gasteiger partial charge in [-0.1, -0.05) is 28.1 Å². The molecular formula is C22H22BrF3N2O4. The van der Waals surface area contributed by atoms with E-state index in [1.165, 1.54) is 0 Å². The van der Waals surface area contributed by atoms with Gasteiger partial charge in [-0.05, 0) is 42.0 Å². The van der Waals surface area contributed by atoms with Gasteiger partial charge in [-0.25, -0.2) is 4.99 Å². The first kappa shape index (κ1) is 24.1. The molecule has 6 nitrogen and oxygen atoms in total. The Hall–Kier alpha value is -2.59. The standard InChI is InChI=1S/C22H22BrF3N2O4/c23-17-6-2-15(3-7-17)12-21(20(30)27-13-22(24,25)26)14-32-19(28-21)16-4-8-18(9-5-16)31-11-1-10-29/h2-9,29H,1,10-14H2,(H,27,30)/t21-/m1/s1. The summed E-state index contributed by atoms with van der Waals surface area (Å²) >= 11 is 3.33. The van der Waals surface area contributed by atoms with Crippen LogP contribution >= 0.6 is 15.9 Å². The first-order chi connectivity index (χ1) is 15.2. The second-order valence-corrected chi connectivity index (χ2v) is 8.20. The van der Waals surface area contributed by atoms with E-state index in [0.717, 1.165) is 10.0 Å². The van der Waals surface area contributed by atoms with E-state index in [-0.39, 0.29) is 25.5 Å². The van der Waals surface area contributed by atoms with Crippen molar-refractivity contribution in [2.75, 3.05) is 26.4 Å². The predicted octanol–water partition coefficient (Wildman–Crippen LogP) is 3.65. The summed E-state index contributed by atoms with van der Waals surface area (Å²) in [6.07, 6.45) is -3.95. The van der Waals surface area contributed by atoms with Gasteiger partial charge in [0.1, 0.15) is 18.9 Å². The third-order valence-corrected chi connectivity index (χ3v) is 5.25. The van der Waals surface area contributed by atoms with E-state index in [0.29, 0.717) is 24.3 Å². The number of aliphatic hydroxyl groups is 1. The number of benzene rings is 2. The van der Waals surface area contributed by atoms with Gasteiger partial charge >= 0.3 is 6.18 Å². The lowest BCUT2D eigenvalue weighted by molar-refractivity contribution is -0.141. The van der Waals surface area contributed by atoms with Crippen LogP contribution in [-0.4, -0.2) is 55.0 Å². The zero-order valence-electron chi connectivity index (χ0n) is 17.0. The van der Waals surface area contributed by atoms with Crippen LogP contribution in [0.1, 0.15) is 17.5 Å². The molecule has 1 amide bonds. The molecule has 2 aromatic carbocycles. The summed E-state index contributed by atoms with van der Waals surface area (Å²) in [7, 11) is 0. The van der Waals surface area contributed by atoms with E-state index in [2.05, 4.69) is 20.9 Å². The Morgan fingerprint density at radius 2 is 1.88 bits per heavy atom. The highest BCUT2D eigenvalue weighted by Gasteiger charge is 2.45. The minimum absolute atomic E-state index is 0.0274. The van der Waals surface area contributed by atoms with Gasteiger partial charge in [-0.15, -0.1) is 0 Å². The van der Waals surface area contributed by atoms with Crippen LogP contribution < -0.4 is 10.1 Å². The number of hydrogen-bond acceptors (Lipinski definition) is 5. The lowest BCUT2D eigenvalue weighted by Gasteiger charge is -2.23. The predicted molar refractivity (Wildman–Crippen MR) is 116 cm³/mol. The lowest BCUT2D eigenvalue weighted by atomic mass is 9.91. The Morgan fingerprint density at radius 3 is 2.50 bits per heavy atom. The Bertz CT molecular complexity index is 949.